The fourth-order valence-electron chi connectivity index (χ4n) is 1.19. The van der Waals surface area contributed by atoms with Crippen molar-refractivity contribution in [3.05, 3.63) is 41.6 Å². The maximum atomic E-state index is 5.76. The van der Waals surface area contributed by atoms with Crippen molar-refractivity contribution in [3.63, 3.8) is 0 Å². The average molecular weight is 206 g/mol. The van der Waals surface area contributed by atoms with Gasteiger partial charge in [0.2, 0.25) is 0 Å². The molecule has 0 unspecified atom stereocenters. The van der Waals surface area contributed by atoms with Crippen LogP contribution in [-0.4, -0.2) is 15.0 Å². The third-order valence-corrected chi connectivity index (χ3v) is 2.01. The van der Waals surface area contributed by atoms with E-state index in [4.69, 9.17) is 11.6 Å². The zero-order chi connectivity index (χ0) is 9.97. The van der Waals surface area contributed by atoms with Gasteiger partial charge in [-0.1, -0.05) is 11.6 Å². The Balaban J connectivity index is 2.49. The van der Waals surface area contributed by atoms with Gasteiger partial charge in [-0.15, -0.1) is 0 Å². The summed E-state index contributed by atoms with van der Waals surface area (Å²) < 4.78 is 0. The molecule has 0 saturated heterocycles. The lowest BCUT2D eigenvalue weighted by Gasteiger charge is -2.00. The van der Waals surface area contributed by atoms with Gasteiger partial charge in [-0.05, 0) is 18.6 Å². The number of hydrogen-bond donors (Lipinski definition) is 0. The van der Waals surface area contributed by atoms with Gasteiger partial charge in [0.05, 0.1) is 5.69 Å². The Morgan fingerprint density at radius 2 is 2.00 bits per heavy atom. The van der Waals surface area contributed by atoms with E-state index in [1.54, 1.807) is 18.5 Å². The maximum Gasteiger partial charge on any atom is 0.133 e. The lowest BCUT2D eigenvalue weighted by Crippen LogP contribution is -1.87. The quantitative estimate of drug-likeness (QED) is 0.672. The predicted molar refractivity (Wildman–Crippen MR) is 55.0 cm³/mol. The first-order valence-corrected chi connectivity index (χ1v) is 4.53. The molecule has 0 bridgehead atoms. The average Bonchev–Trinajstić information content (AvgIpc) is 2.18. The second-order valence-electron chi connectivity index (χ2n) is 2.98. The van der Waals surface area contributed by atoms with E-state index in [0.29, 0.717) is 5.15 Å². The number of nitrogens with zero attached hydrogens (tertiary/aromatic N) is 3. The molecule has 2 heterocycles. The highest BCUT2D eigenvalue weighted by molar-refractivity contribution is 6.29. The van der Waals surface area contributed by atoms with Crippen LogP contribution in [0.3, 0.4) is 0 Å². The Morgan fingerprint density at radius 3 is 2.71 bits per heavy atom. The Hall–Kier alpha value is -1.48. The van der Waals surface area contributed by atoms with E-state index in [9.17, 15) is 0 Å². The van der Waals surface area contributed by atoms with Gasteiger partial charge in [0.15, 0.2) is 0 Å². The van der Waals surface area contributed by atoms with Gasteiger partial charge < -0.3 is 0 Å². The molecule has 0 spiro atoms. The topological polar surface area (TPSA) is 38.7 Å². The van der Waals surface area contributed by atoms with Crippen LogP contribution in [0.25, 0.3) is 11.3 Å². The molecule has 3 nitrogen and oxygen atoms in total. The van der Waals surface area contributed by atoms with Gasteiger partial charge in [0.1, 0.15) is 11.5 Å². The summed E-state index contributed by atoms with van der Waals surface area (Å²) >= 11 is 5.76. The third-order valence-electron chi connectivity index (χ3n) is 1.80. The number of rotatable bonds is 1. The van der Waals surface area contributed by atoms with Crippen molar-refractivity contribution in [1.82, 2.24) is 15.0 Å². The van der Waals surface area contributed by atoms with E-state index < -0.39 is 0 Å². The highest BCUT2D eigenvalue weighted by Gasteiger charge is 2.00. The van der Waals surface area contributed by atoms with Crippen molar-refractivity contribution in [2.24, 2.45) is 0 Å². The molecular weight excluding hydrogens is 198 g/mol. The van der Waals surface area contributed by atoms with E-state index in [1.165, 1.54) is 6.33 Å². The molecule has 2 rings (SSSR count). The molecule has 14 heavy (non-hydrogen) atoms. The third kappa shape index (κ3) is 1.88. The van der Waals surface area contributed by atoms with Gasteiger partial charge in [-0.2, -0.15) is 0 Å². The fourth-order valence-corrected chi connectivity index (χ4v) is 1.33. The van der Waals surface area contributed by atoms with Gasteiger partial charge in [0, 0.05) is 24.0 Å². The summed E-state index contributed by atoms with van der Waals surface area (Å²) in [6.07, 6.45) is 5.00. The van der Waals surface area contributed by atoms with Crippen LogP contribution in [0.5, 0.6) is 0 Å². The van der Waals surface area contributed by atoms with Crippen LogP contribution < -0.4 is 0 Å². The molecule has 0 radical (unpaired) electrons. The minimum Gasteiger partial charge on any atom is -0.264 e. The fraction of sp³-hybridized carbons (Fsp3) is 0.100. The lowest BCUT2D eigenvalue weighted by molar-refractivity contribution is 1.16. The van der Waals surface area contributed by atoms with Crippen LogP contribution in [0.1, 0.15) is 5.56 Å². The van der Waals surface area contributed by atoms with E-state index in [0.717, 1.165) is 16.8 Å². The molecule has 0 aromatic carbocycles. The Bertz CT molecular complexity index is 413. The standard InChI is InChI=1S/C10H8ClN3/c1-7-2-8(5-12-4-7)9-3-10(11)14-6-13-9/h2-6H,1H3. The van der Waals surface area contributed by atoms with Crippen LogP contribution in [0.2, 0.25) is 5.15 Å². The first-order chi connectivity index (χ1) is 6.75. The smallest absolute Gasteiger partial charge is 0.133 e. The zero-order valence-corrected chi connectivity index (χ0v) is 8.36. The Labute approximate surface area is 86.8 Å². The van der Waals surface area contributed by atoms with Crippen LogP contribution in [-0.2, 0) is 0 Å². The molecule has 70 valence electrons. The maximum absolute atomic E-state index is 5.76. The molecule has 0 amide bonds. The van der Waals surface area contributed by atoms with Crippen molar-refractivity contribution in [2.45, 2.75) is 6.92 Å². The molecule has 0 N–H and O–H groups in total. The van der Waals surface area contributed by atoms with E-state index in [1.807, 2.05) is 13.0 Å². The minimum atomic E-state index is 0.441. The molecule has 0 aliphatic carbocycles. The summed E-state index contributed by atoms with van der Waals surface area (Å²) in [5, 5.41) is 0.441. The summed E-state index contributed by atoms with van der Waals surface area (Å²) in [7, 11) is 0. The highest BCUT2D eigenvalue weighted by atomic mass is 35.5. The highest BCUT2D eigenvalue weighted by Crippen LogP contribution is 2.18. The first kappa shape index (κ1) is 9.09. The Morgan fingerprint density at radius 1 is 1.14 bits per heavy atom. The molecule has 0 aliphatic rings. The first-order valence-electron chi connectivity index (χ1n) is 4.15. The van der Waals surface area contributed by atoms with Crippen molar-refractivity contribution >= 4 is 11.6 Å². The second-order valence-corrected chi connectivity index (χ2v) is 3.36. The zero-order valence-electron chi connectivity index (χ0n) is 7.61. The van der Waals surface area contributed by atoms with E-state index >= 15 is 0 Å². The lowest BCUT2D eigenvalue weighted by atomic mass is 10.1. The predicted octanol–water partition coefficient (Wildman–Crippen LogP) is 2.50. The van der Waals surface area contributed by atoms with Gasteiger partial charge in [0.25, 0.3) is 0 Å². The number of hydrogen-bond acceptors (Lipinski definition) is 3. The largest absolute Gasteiger partial charge is 0.264 e. The summed E-state index contributed by atoms with van der Waals surface area (Å²) in [6, 6.07) is 3.73. The summed E-state index contributed by atoms with van der Waals surface area (Å²) in [6.45, 7) is 1.99. The molecule has 0 aliphatic heterocycles. The van der Waals surface area contributed by atoms with Crippen molar-refractivity contribution in [1.29, 1.82) is 0 Å². The molecule has 0 atom stereocenters. The summed E-state index contributed by atoms with van der Waals surface area (Å²) in [5.74, 6) is 0. The second kappa shape index (κ2) is 3.72. The van der Waals surface area contributed by atoms with Crippen LogP contribution in [0, 0.1) is 6.92 Å². The summed E-state index contributed by atoms with van der Waals surface area (Å²) in [4.78, 5) is 12.0. The number of aromatic nitrogens is 3. The monoisotopic (exact) mass is 205 g/mol. The van der Waals surface area contributed by atoms with Gasteiger partial charge >= 0.3 is 0 Å². The van der Waals surface area contributed by atoms with Gasteiger partial charge in [-0.3, -0.25) is 4.98 Å². The van der Waals surface area contributed by atoms with Crippen LogP contribution in [0.15, 0.2) is 30.9 Å². The van der Waals surface area contributed by atoms with Gasteiger partial charge in [-0.25, -0.2) is 9.97 Å². The number of pyridine rings is 1. The normalized spacial score (nSPS) is 10.1. The molecular formula is C10H8ClN3. The summed E-state index contributed by atoms with van der Waals surface area (Å²) in [5.41, 5.74) is 2.84. The van der Waals surface area contributed by atoms with Crippen molar-refractivity contribution in [3.8, 4) is 11.3 Å². The van der Waals surface area contributed by atoms with E-state index in [2.05, 4.69) is 15.0 Å². The SMILES string of the molecule is Cc1cncc(-c2cc(Cl)ncn2)c1. The van der Waals surface area contributed by atoms with Crippen LogP contribution >= 0.6 is 11.6 Å². The number of aryl methyl sites for hydroxylation is 1. The van der Waals surface area contributed by atoms with Crippen molar-refractivity contribution in [2.75, 3.05) is 0 Å². The van der Waals surface area contributed by atoms with Crippen molar-refractivity contribution < 1.29 is 0 Å². The molecule has 2 aromatic rings. The van der Waals surface area contributed by atoms with Crippen LogP contribution in [0.4, 0.5) is 0 Å². The minimum absolute atomic E-state index is 0.441. The Kier molecular flexibility index (Phi) is 2.41. The van der Waals surface area contributed by atoms with E-state index in [-0.39, 0.29) is 0 Å². The molecule has 2 aromatic heterocycles. The molecule has 0 saturated carbocycles. The molecule has 4 heteroatoms. The molecule has 0 fully saturated rings. The number of halogens is 1.